The predicted octanol–water partition coefficient (Wildman–Crippen LogP) is 4.52. The van der Waals surface area contributed by atoms with E-state index < -0.39 is 0 Å². The van der Waals surface area contributed by atoms with E-state index in [4.69, 9.17) is 4.52 Å². The number of guanidine groups is 1. The maximum Gasteiger partial charge on any atom is 0.191 e. The molecular formula is C22H34N4O. The summed E-state index contributed by atoms with van der Waals surface area (Å²) < 4.78 is 5.28. The molecule has 148 valence electrons. The highest BCUT2D eigenvalue weighted by molar-refractivity contribution is 5.80. The average Bonchev–Trinajstić information content (AvgIpc) is 2.96. The molecular weight excluding hydrogens is 336 g/mol. The zero-order valence-electron chi connectivity index (χ0n) is 17.8. The summed E-state index contributed by atoms with van der Waals surface area (Å²) in [5, 5.41) is 10.9. The van der Waals surface area contributed by atoms with E-state index in [9.17, 15) is 0 Å². The fourth-order valence-electron chi connectivity index (χ4n) is 3.44. The highest BCUT2D eigenvalue weighted by Crippen LogP contribution is 2.22. The number of rotatable bonds is 7. The van der Waals surface area contributed by atoms with Crippen molar-refractivity contribution in [3.8, 4) is 0 Å². The third-order valence-corrected chi connectivity index (χ3v) is 4.86. The van der Waals surface area contributed by atoms with Gasteiger partial charge in [-0.3, -0.25) is 4.99 Å². The molecule has 0 amide bonds. The van der Waals surface area contributed by atoms with Gasteiger partial charge in [0.2, 0.25) is 0 Å². The highest BCUT2D eigenvalue weighted by Gasteiger charge is 2.17. The largest absolute Gasteiger partial charge is 0.361 e. The fourth-order valence-corrected chi connectivity index (χ4v) is 3.44. The summed E-state index contributed by atoms with van der Waals surface area (Å²) in [6, 6.07) is 9.04. The molecule has 0 saturated carbocycles. The van der Waals surface area contributed by atoms with Gasteiger partial charge in [-0.2, -0.15) is 0 Å². The van der Waals surface area contributed by atoms with Gasteiger partial charge in [0.15, 0.2) is 5.96 Å². The molecule has 2 N–H and O–H groups in total. The molecule has 0 aliphatic rings. The molecule has 0 fully saturated rings. The lowest BCUT2D eigenvalue weighted by molar-refractivity contribution is 0.391. The quantitative estimate of drug-likeness (QED) is 0.556. The van der Waals surface area contributed by atoms with E-state index in [-0.39, 0.29) is 6.04 Å². The van der Waals surface area contributed by atoms with Gasteiger partial charge in [-0.15, -0.1) is 0 Å². The summed E-state index contributed by atoms with van der Waals surface area (Å²) in [5.41, 5.74) is 4.77. The van der Waals surface area contributed by atoms with Crippen LogP contribution in [0, 0.1) is 19.8 Å². The standard InChI is InChI=1S/C22H34N4O/c1-14(2)12-19-8-10-20(11-9-19)16(4)25-22(23-7)24-13-15(3)21-17(5)26-27-18(21)6/h8-11,14-16H,12-13H2,1-7H3,(H2,23,24,25). The van der Waals surface area contributed by atoms with Crippen LogP contribution in [0.3, 0.4) is 0 Å². The second-order valence-corrected chi connectivity index (χ2v) is 7.80. The van der Waals surface area contributed by atoms with Crippen LogP contribution in [-0.2, 0) is 6.42 Å². The van der Waals surface area contributed by atoms with Crippen molar-refractivity contribution in [1.29, 1.82) is 0 Å². The Morgan fingerprint density at radius 1 is 1.11 bits per heavy atom. The molecule has 5 nitrogen and oxygen atoms in total. The molecule has 1 aromatic carbocycles. The monoisotopic (exact) mass is 370 g/mol. The van der Waals surface area contributed by atoms with Gasteiger partial charge in [0.1, 0.15) is 5.76 Å². The maximum atomic E-state index is 5.28. The number of hydrogen-bond donors (Lipinski definition) is 2. The Labute approximate surface area is 163 Å². The van der Waals surface area contributed by atoms with E-state index in [1.807, 2.05) is 13.8 Å². The van der Waals surface area contributed by atoms with Crippen LogP contribution in [0.1, 0.15) is 67.8 Å². The van der Waals surface area contributed by atoms with Gasteiger partial charge in [-0.25, -0.2) is 0 Å². The van der Waals surface area contributed by atoms with Gasteiger partial charge in [-0.1, -0.05) is 50.2 Å². The molecule has 5 heteroatoms. The number of aryl methyl sites for hydroxylation is 2. The molecule has 0 aliphatic heterocycles. The van der Waals surface area contributed by atoms with Crippen molar-refractivity contribution in [2.24, 2.45) is 10.9 Å². The molecule has 0 spiro atoms. The summed E-state index contributed by atoms with van der Waals surface area (Å²) in [5.74, 6) is 2.65. The van der Waals surface area contributed by atoms with Gasteiger partial charge in [0.25, 0.3) is 0 Å². The summed E-state index contributed by atoms with van der Waals surface area (Å²) in [4.78, 5) is 4.36. The molecule has 1 heterocycles. The van der Waals surface area contributed by atoms with E-state index in [0.717, 1.165) is 30.4 Å². The molecule has 2 aromatic rings. The smallest absolute Gasteiger partial charge is 0.191 e. The minimum atomic E-state index is 0.179. The number of hydrogen-bond acceptors (Lipinski definition) is 3. The first-order chi connectivity index (χ1) is 12.8. The third kappa shape index (κ3) is 5.84. The molecule has 0 bridgehead atoms. The minimum absolute atomic E-state index is 0.179. The van der Waals surface area contributed by atoms with Crippen molar-refractivity contribution in [3.63, 3.8) is 0 Å². The van der Waals surface area contributed by atoms with Crippen molar-refractivity contribution in [2.75, 3.05) is 13.6 Å². The molecule has 2 atom stereocenters. The second kappa shape index (κ2) is 9.58. The molecule has 0 aliphatic carbocycles. The zero-order valence-corrected chi connectivity index (χ0v) is 17.8. The van der Waals surface area contributed by atoms with Crippen LogP contribution in [0.5, 0.6) is 0 Å². The van der Waals surface area contributed by atoms with E-state index in [1.165, 1.54) is 16.7 Å². The lowest BCUT2D eigenvalue weighted by atomic mass is 9.99. The Kier molecular flexibility index (Phi) is 7.45. The molecule has 2 rings (SSSR count). The van der Waals surface area contributed by atoms with Crippen LogP contribution >= 0.6 is 0 Å². The van der Waals surface area contributed by atoms with Gasteiger partial charge >= 0.3 is 0 Å². The van der Waals surface area contributed by atoms with Crippen molar-refractivity contribution in [3.05, 3.63) is 52.4 Å². The highest BCUT2D eigenvalue weighted by atomic mass is 16.5. The van der Waals surface area contributed by atoms with E-state index >= 15 is 0 Å². The first-order valence-electron chi connectivity index (χ1n) is 9.80. The topological polar surface area (TPSA) is 62.5 Å². The number of aliphatic imine (C=N–C) groups is 1. The first kappa shape index (κ1) is 21.0. The van der Waals surface area contributed by atoms with Crippen molar-refractivity contribution >= 4 is 5.96 Å². The van der Waals surface area contributed by atoms with Gasteiger partial charge < -0.3 is 15.2 Å². The Morgan fingerprint density at radius 3 is 2.30 bits per heavy atom. The van der Waals surface area contributed by atoms with E-state index in [1.54, 1.807) is 7.05 Å². The number of aromatic nitrogens is 1. The predicted molar refractivity (Wildman–Crippen MR) is 112 cm³/mol. The molecule has 2 unspecified atom stereocenters. The summed E-state index contributed by atoms with van der Waals surface area (Å²) >= 11 is 0. The Bertz CT molecular complexity index is 727. The SMILES string of the molecule is CN=C(NCC(C)c1c(C)noc1C)NC(C)c1ccc(CC(C)C)cc1. The van der Waals surface area contributed by atoms with Crippen molar-refractivity contribution in [2.45, 2.75) is 59.9 Å². The normalized spacial score (nSPS) is 14.3. The first-order valence-corrected chi connectivity index (χ1v) is 9.80. The summed E-state index contributed by atoms with van der Waals surface area (Å²) in [6.07, 6.45) is 1.12. The van der Waals surface area contributed by atoms with Crippen molar-refractivity contribution < 1.29 is 4.52 Å². The van der Waals surface area contributed by atoms with Gasteiger partial charge in [0, 0.05) is 25.1 Å². The Balaban J connectivity index is 1.92. The Hall–Kier alpha value is -2.30. The van der Waals surface area contributed by atoms with Crippen LogP contribution in [0.25, 0.3) is 0 Å². The molecule has 27 heavy (non-hydrogen) atoms. The second-order valence-electron chi connectivity index (χ2n) is 7.80. The summed E-state index contributed by atoms with van der Waals surface area (Å²) in [6.45, 7) is 13.5. The van der Waals surface area contributed by atoms with Crippen LogP contribution in [0.15, 0.2) is 33.8 Å². The van der Waals surface area contributed by atoms with Gasteiger partial charge in [-0.05, 0) is 44.2 Å². The van der Waals surface area contributed by atoms with Crippen LogP contribution in [0.2, 0.25) is 0 Å². The van der Waals surface area contributed by atoms with Crippen molar-refractivity contribution in [1.82, 2.24) is 15.8 Å². The van der Waals surface area contributed by atoms with Crippen LogP contribution < -0.4 is 10.6 Å². The van der Waals surface area contributed by atoms with E-state index in [2.05, 4.69) is 72.7 Å². The zero-order chi connectivity index (χ0) is 20.0. The average molecular weight is 371 g/mol. The lowest BCUT2D eigenvalue weighted by Crippen LogP contribution is -2.40. The summed E-state index contributed by atoms with van der Waals surface area (Å²) in [7, 11) is 1.80. The van der Waals surface area contributed by atoms with Gasteiger partial charge in [0.05, 0.1) is 11.7 Å². The van der Waals surface area contributed by atoms with Crippen LogP contribution in [0.4, 0.5) is 0 Å². The lowest BCUT2D eigenvalue weighted by Gasteiger charge is -2.20. The van der Waals surface area contributed by atoms with Crippen LogP contribution in [-0.4, -0.2) is 24.7 Å². The Morgan fingerprint density at radius 2 is 1.78 bits per heavy atom. The minimum Gasteiger partial charge on any atom is -0.361 e. The number of benzene rings is 1. The molecule has 0 radical (unpaired) electrons. The molecule has 0 saturated heterocycles. The van der Waals surface area contributed by atoms with E-state index in [0.29, 0.717) is 11.8 Å². The fraction of sp³-hybridized carbons (Fsp3) is 0.545. The number of nitrogens with one attached hydrogen (secondary N) is 2. The molecule has 1 aromatic heterocycles. The maximum absolute atomic E-state index is 5.28. The number of nitrogens with zero attached hydrogens (tertiary/aromatic N) is 2. The third-order valence-electron chi connectivity index (χ3n) is 4.86.